The van der Waals surface area contributed by atoms with E-state index in [1.807, 2.05) is 0 Å². The average Bonchev–Trinajstić information content (AvgIpc) is 2.01. The molecule has 0 bridgehead atoms. The van der Waals surface area contributed by atoms with E-state index < -0.39 is 8.32 Å². The van der Waals surface area contributed by atoms with Crippen LogP contribution in [0.1, 0.15) is 6.42 Å². The number of alkyl halides is 1. The van der Waals surface area contributed by atoms with Gasteiger partial charge in [0.2, 0.25) is 0 Å². The lowest BCUT2D eigenvalue weighted by atomic mass is 10.6. The molecule has 2 nitrogen and oxygen atoms in total. The van der Waals surface area contributed by atoms with Crippen LogP contribution in [0.25, 0.3) is 0 Å². The van der Waals surface area contributed by atoms with Crippen LogP contribution in [0, 0.1) is 0 Å². The van der Waals surface area contributed by atoms with Gasteiger partial charge in [0.05, 0.1) is 13.2 Å². The first-order valence-electron chi connectivity index (χ1n) is 4.31. The van der Waals surface area contributed by atoms with Crippen molar-refractivity contribution in [3.05, 3.63) is 0 Å². The second-order valence-corrected chi connectivity index (χ2v) is 8.08. The zero-order chi connectivity index (χ0) is 9.45. The van der Waals surface area contributed by atoms with Gasteiger partial charge in [-0.3, -0.25) is 0 Å². The van der Waals surface area contributed by atoms with Gasteiger partial charge in [-0.1, -0.05) is 0 Å². The van der Waals surface area contributed by atoms with Gasteiger partial charge < -0.3 is 9.16 Å². The predicted octanol–water partition coefficient (Wildman–Crippen LogP) is 2.48. The summed E-state index contributed by atoms with van der Waals surface area (Å²) in [6.07, 6.45) is 1.06. The van der Waals surface area contributed by atoms with Gasteiger partial charge in [-0.05, 0) is 25.6 Å². The third kappa shape index (κ3) is 7.10. The van der Waals surface area contributed by atoms with Crippen LogP contribution >= 0.6 is 11.6 Å². The Morgan fingerprint density at radius 1 is 1.25 bits per heavy atom. The van der Waals surface area contributed by atoms with Gasteiger partial charge in [-0.25, -0.2) is 0 Å². The van der Waals surface area contributed by atoms with Crippen molar-refractivity contribution in [1.29, 1.82) is 0 Å². The van der Waals surface area contributed by atoms with Gasteiger partial charge in [0.25, 0.3) is 0 Å². The molecule has 0 saturated heterocycles. The predicted molar refractivity (Wildman–Crippen MR) is 55.5 cm³/mol. The summed E-state index contributed by atoms with van der Waals surface area (Å²) in [5, 5.41) is 0. The molecule has 0 atom stereocenters. The fourth-order valence-electron chi connectivity index (χ4n) is 0.966. The van der Waals surface area contributed by atoms with Crippen LogP contribution in [0.4, 0.5) is 0 Å². The molecule has 0 radical (unpaired) electrons. The minimum absolute atomic E-state index is 0.692. The molecule has 0 aromatic carbocycles. The molecule has 0 aliphatic carbocycles. The van der Waals surface area contributed by atoms with Crippen LogP contribution in [-0.4, -0.2) is 34.5 Å². The van der Waals surface area contributed by atoms with Crippen molar-refractivity contribution < 1.29 is 9.16 Å². The minimum Gasteiger partial charge on any atom is -0.415 e. The third-order valence-electron chi connectivity index (χ3n) is 1.69. The van der Waals surface area contributed by atoms with Gasteiger partial charge in [-0.2, -0.15) is 0 Å². The molecule has 0 saturated carbocycles. The second-order valence-electron chi connectivity index (χ2n) is 3.39. The summed E-state index contributed by atoms with van der Waals surface area (Å²) in [6, 6.07) is 1.14. The Kier molecular flexibility index (Phi) is 7.14. The summed E-state index contributed by atoms with van der Waals surface area (Å²) in [5.74, 6) is 0.740. The highest BCUT2D eigenvalue weighted by Crippen LogP contribution is 2.13. The number of halogens is 1. The molecule has 0 amide bonds. The van der Waals surface area contributed by atoms with Crippen molar-refractivity contribution in [2.24, 2.45) is 0 Å². The van der Waals surface area contributed by atoms with E-state index in [1.54, 1.807) is 7.11 Å². The van der Waals surface area contributed by atoms with Crippen molar-refractivity contribution in [1.82, 2.24) is 0 Å². The molecule has 0 aliphatic heterocycles. The highest BCUT2D eigenvalue weighted by molar-refractivity contribution is 6.71. The lowest BCUT2D eigenvalue weighted by Crippen LogP contribution is -2.31. The molecule has 0 rings (SSSR count). The van der Waals surface area contributed by atoms with E-state index in [4.69, 9.17) is 20.8 Å². The molecule has 0 N–H and O–H groups in total. The SMILES string of the molecule is COCCO[Si](C)(C)CCCCl. The van der Waals surface area contributed by atoms with Crippen molar-refractivity contribution in [3.63, 3.8) is 0 Å². The van der Waals surface area contributed by atoms with Crippen molar-refractivity contribution >= 4 is 19.9 Å². The topological polar surface area (TPSA) is 18.5 Å². The van der Waals surface area contributed by atoms with Crippen LogP contribution in [0.2, 0.25) is 19.1 Å². The Labute approximate surface area is 81.3 Å². The molecule has 0 unspecified atom stereocenters. The maximum Gasteiger partial charge on any atom is 0.186 e. The van der Waals surface area contributed by atoms with Crippen LogP contribution in [0.5, 0.6) is 0 Å². The summed E-state index contributed by atoms with van der Waals surface area (Å²) < 4.78 is 10.6. The molecule has 12 heavy (non-hydrogen) atoms. The van der Waals surface area contributed by atoms with Crippen LogP contribution in [0.15, 0.2) is 0 Å². The molecular weight excluding hydrogens is 192 g/mol. The van der Waals surface area contributed by atoms with Gasteiger partial charge in [0.1, 0.15) is 0 Å². The Morgan fingerprint density at radius 3 is 2.42 bits per heavy atom. The fourth-order valence-corrected chi connectivity index (χ4v) is 3.13. The summed E-state index contributed by atoms with van der Waals surface area (Å²) in [4.78, 5) is 0. The molecule has 0 aliphatic rings. The lowest BCUT2D eigenvalue weighted by molar-refractivity contribution is 0.142. The lowest BCUT2D eigenvalue weighted by Gasteiger charge is -2.21. The van der Waals surface area contributed by atoms with E-state index in [0.717, 1.165) is 25.0 Å². The van der Waals surface area contributed by atoms with E-state index in [2.05, 4.69) is 13.1 Å². The number of methoxy groups -OCH3 is 1. The summed E-state index contributed by atoms with van der Waals surface area (Å²) >= 11 is 5.61. The zero-order valence-corrected chi connectivity index (χ0v) is 9.99. The first kappa shape index (κ1) is 12.4. The van der Waals surface area contributed by atoms with Crippen molar-refractivity contribution in [3.8, 4) is 0 Å². The van der Waals surface area contributed by atoms with Crippen molar-refractivity contribution in [2.45, 2.75) is 25.6 Å². The standard InChI is InChI=1S/C8H19ClO2Si/c1-10-6-7-11-12(2,3)8-4-5-9/h4-8H2,1-3H3. The quantitative estimate of drug-likeness (QED) is 0.365. The Balaban J connectivity index is 3.42. The maximum atomic E-state index is 5.73. The molecule has 0 spiro atoms. The van der Waals surface area contributed by atoms with Crippen LogP contribution in [0.3, 0.4) is 0 Å². The highest BCUT2D eigenvalue weighted by atomic mass is 35.5. The molecule has 0 heterocycles. The van der Waals surface area contributed by atoms with E-state index in [-0.39, 0.29) is 0 Å². The van der Waals surface area contributed by atoms with E-state index in [9.17, 15) is 0 Å². The third-order valence-corrected chi connectivity index (χ3v) is 4.50. The highest BCUT2D eigenvalue weighted by Gasteiger charge is 2.20. The maximum absolute atomic E-state index is 5.73. The Morgan fingerprint density at radius 2 is 1.92 bits per heavy atom. The van der Waals surface area contributed by atoms with Gasteiger partial charge in [0, 0.05) is 13.0 Å². The Hall–Kier alpha value is 0.427. The first-order chi connectivity index (χ1) is 5.62. The monoisotopic (exact) mass is 210 g/mol. The summed E-state index contributed by atoms with van der Waals surface area (Å²) in [6.45, 7) is 5.85. The van der Waals surface area contributed by atoms with Gasteiger partial charge in [0.15, 0.2) is 8.32 Å². The number of hydrogen-bond acceptors (Lipinski definition) is 2. The molecule has 0 fully saturated rings. The minimum atomic E-state index is -1.43. The normalized spacial score (nSPS) is 12.0. The molecular formula is C8H19ClO2Si. The summed E-state index contributed by atoms with van der Waals surface area (Å²) in [5.41, 5.74) is 0. The molecule has 74 valence electrons. The van der Waals surface area contributed by atoms with Gasteiger partial charge in [-0.15, -0.1) is 11.6 Å². The number of ether oxygens (including phenoxy) is 1. The van der Waals surface area contributed by atoms with E-state index in [1.165, 1.54) is 0 Å². The average molecular weight is 211 g/mol. The van der Waals surface area contributed by atoms with Crippen LogP contribution in [-0.2, 0) is 9.16 Å². The van der Waals surface area contributed by atoms with Crippen molar-refractivity contribution in [2.75, 3.05) is 26.2 Å². The molecule has 4 heteroatoms. The Bertz CT molecular complexity index is 109. The zero-order valence-electron chi connectivity index (χ0n) is 8.23. The van der Waals surface area contributed by atoms with Gasteiger partial charge >= 0.3 is 0 Å². The fraction of sp³-hybridized carbons (Fsp3) is 1.00. The summed E-state index contributed by atoms with van der Waals surface area (Å²) in [7, 11) is 0.265. The number of rotatable bonds is 7. The van der Waals surface area contributed by atoms with Crippen LogP contribution < -0.4 is 0 Å². The molecule has 0 aromatic heterocycles. The smallest absolute Gasteiger partial charge is 0.186 e. The first-order valence-corrected chi connectivity index (χ1v) is 7.96. The second kappa shape index (κ2) is 6.89. The molecule has 0 aromatic rings. The van der Waals surface area contributed by atoms with E-state index >= 15 is 0 Å². The largest absolute Gasteiger partial charge is 0.415 e. The number of hydrogen-bond donors (Lipinski definition) is 0. The van der Waals surface area contributed by atoms with E-state index in [0.29, 0.717) is 6.61 Å².